The Morgan fingerprint density at radius 3 is 2.45 bits per heavy atom. The highest BCUT2D eigenvalue weighted by Crippen LogP contribution is 2.28. The Kier molecular flexibility index (Phi) is 5.10. The number of nitrogens with zero attached hydrogens (tertiary/aromatic N) is 4. The first-order chi connectivity index (χ1) is 14.5. The van der Waals surface area contributed by atoms with Crippen molar-refractivity contribution in [3.05, 3.63) is 76.8 Å². The van der Waals surface area contributed by atoms with Gasteiger partial charge >= 0.3 is 0 Å². The molecule has 4 aromatic rings. The lowest BCUT2D eigenvalue weighted by Crippen LogP contribution is -2.24. The smallest absolute Gasteiger partial charge is 0.263 e. The predicted octanol–water partition coefficient (Wildman–Crippen LogP) is 3.78. The zero-order chi connectivity index (χ0) is 22.4. The Morgan fingerprint density at radius 1 is 1.10 bits per heavy atom. The molecule has 0 aliphatic carbocycles. The molecule has 31 heavy (non-hydrogen) atoms. The van der Waals surface area contributed by atoms with Gasteiger partial charge in [0, 0.05) is 0 Å². The third-order valence-corrected chi connectivity index (χ3v) is 6.47. The van der Waals surface area contributed by atoms with Crippen LogP contribution in [0.2, 0.25) is 5.02 Å². The number of rotatable bonds is 4. The minimum Gasteiger partial charge on any atom is -0.619 e. The van der Waals surface area contributed by atoms with Gasteiger partial charge in [-0.3, -0.25) is 4.72 Å². The summed E-state index contributed by atoms with van der Waals surface area (Å²) in [5, 5.41) is 16.3. The topological polar surface area (TPSA) is 103 Å². The summed E-state index contributed by atoms with van der Waals surface area (Å²) in [5.41, 5.74) is 2.14. The van der Waals surface area contributed by atoms with Crippen LogP contribution in [0.5, 0.6) is 0 Å². The molecule has 0 fully saturated rings. The number of nitrogens with one attached hydrogen (secondary N) is 1. The number of aromatic nitrogens is 4. The van der Waals surface area contributed by atoms with Gasteiger partial charge in [0.2, 0.25) is 6.20 Å². The van der Waals surface area contributed by atoms with E-state index in [0.717, 1.165) is 5.56 Å². The molecule has 0 bridgehead atoms. The summed E-state index contributed by atoms with van der Waals surface area (Å²) in [6.07, 6.45) is 3.89. The van der Waals surface area contributed by atoms with E-state index >= 15 is 0 Å². The lowest BCUT2D eigenvalue weighted by atomic mass is 9.87. The van der Waals surface area contributed by atoms with Gasteiger partial charge in [0.1, 0.15) is 11.5 Å². The minimum atomic E-state index is -3.87. The summed E-state index contributed by atoms with van der Waals surface area (Å²) in [5.74, 6) is 0.205. The summed E-state index contributed by atoms with van der Waals surface area (Å²) in [4.78, 5) is 4.27. The Hall–Kier alpha value is -3.17. The lowest BCUT2D eigenvalue weighted by molar-refractivity contribution is -0.605. The van der Waals surface area contributed by atoms with Gasteiger partial charge in [-0.15, -0.1) is 0 Å². The quantitative estimate of drug-likeness (QED) is 0.371. The molecule has 4 rings (SSSR count). The van der Waals surface area contributed by atoms with Gasteiger partial charge in [-0.2, -0.15) is 9.83 Å². The number of fused-ring (bicyclic) bond motifs is 1. The summed E-state index contributed by atoms with van der Waals surface area (Å²) < 4.78 is 30.5. The van der Waals surface area contributed by atoms with Crippen molar-refractivity contribution in [2.24, 2.45) is 0 Å². The van der Waals surface area contributed by atoms with Crippen LogP contribution in [0.3, 0.4) is 0 Å². The second kappa shape index (κ2) is 7.51. The Balaban J connectivity index is 1.73. The third kappa shape index (κ3) is 4.19. The molecule has 3 heterocycles. The fourth-order valence-corrected chi connectivity index (χ4v) is 4.32. The molecule has 0 atom stereocenters. The summed E-state index contributed by atoms with van der Waals surface area (Å²) in [6, 6.07) is 11.5. The number of benzene rings is 1. The molecule has 0 saturated heterocycles. The molecule has 3 aromatic heterocycles. The standard InChI is InChI=1S/C21H20ClN5O3S/c1-21(2,3)14-4-6-15(7-5-14)31(29,30)25-20-9-8-16(22)19-12-17(24-27(19)20)18-13-26(28)11-10-23-18/h4-13,25H,1-3H3. The zero-order valence-electron chi connectivity index (χ0n) is 17.1. The molecular weight excluding hydrogens is 438 g/mol. The average molecular weight is 458 g/mol. The monoisotopic (exact) mass is 457 g/mol. The normalized spacial score (nSPS) is 12.3. The molecule has 0 saturated carbocycles. The molecule has 0 aliphatic rings. The van der Waals surface area contributed by atoms with Crippen molar-refractivity contribution in [1.82, 2.24) is 14.6 Å². The van der Waals surface area contributed by atoms with Crippen molar-refractivity contribution < 1.29 is 13.1 Å². The van der Waals surface area contributed by atoms with E-state index in [1.807, 2.05) is 0 Å². The number of hydrogen-bond donors (Lipinski definition) is 1. The van der Waals surface area contributed by atoms with E-state index in [0.29, 0.717) is 26.7 Å². The van der Waals surface area contributed by atoms with E-state index in [-0.39, 0.29) is 16.1 Å². The zero-order valence-corrected chi connectivity index (χ0v) is 18.6. The maximum absolute atomic E-state index is 13.0. The van der Waals surface area contributed by atoms with Crippen LogP contribution in [0.4, 0.5) is 5.82 Å². The molecule has 0 radical (unpaired) electrons. The van der Waals surface area contributed by atoms with Crippen LogP contribution in [-0.4, -0.2) is 23.0 Å². The van der Waals surface area contributed by atoms with Gasteiger partial charge in [-0.05, 0) is 41.3 Å². The van der Waals surface area contributed by atoms with E-state index in [4.69, 9.17) is 11.6 Å². The highest BCUT2D eigenvalue weighted by atomic mass is 35.5. The molecule has 0 spiro atoms. The fraction of sp³-hybridized carbons (Fsp3) is 0.190. The number of anilines is 1. The van der Waals surface area contributed by atoms with Gasteiger partial charge in [-0.25, -0.2) is 17.9 Å². The lowest BCUT2D eigenvalue weighted by Gasteiger charge is -2.19. The molecular formula is C21H20ClN5O3S. The van der Waals surface area contributed by atoms with Crippen LogP contribution < -0.4 is 9.45 Å². The second-order valence-electron chi connectivity index (χ2n) is 8.07. The van der Waals surface area contributed by atoms with Crippen LogP contribution in [0.1, 0.15) is 26.3 Å². The maximum Gasteiger partial charge on any atom is 0.263 e. The average Bonchev–Trinajstić information content (AvgIpc) is 3.16. The molecule has 1 N–H and O–H groups in total. The SMILES string of the molecule is CC(C)(C)c1ccc(S(=O)(=O)Nc2ccc(Cl)c3cc(-c4c[n+]([O-])ccn4)nn23)cc1. The molecule has 0 unspecified atom stereocenters. The van der Waals surface area contributed by atoms with Crippen LogP contribution in [-0.2, 0) is 15.4 Å². The first kappa shape index (κ1) is 21.1. The first-order valence-electron chi connectivity index (χ1n) is 9.41. The number of sulfonamides is 1. The van der Waals surface area contributed by atoms with Crippen molar-refractivity contribution in [2.45, 2.75) is 31.1 Å². The van der Waals surface area contributed by atoms with Crippen molar-refractivity contribution in [3.8, 4) is 11.4 Å². The van der Waals surface area contributed by atoms with E-state index in [9.17, 15) is 13.6 Å². The highest BCUT2D eigenvalue weighted by Gasteiger charge is 2.20. The van der Waals surface area contributed by atoms with Crippen molar-refractivity contribution >= 4 is 33.0 Å². The fourth-order valence-electron chi connectivity index (χ4n) is 3.08. The predicted molar refractivity (Wildman–Crippen MR) is 118 cm³/mol. The minimum absolute atomic E-state index is 0.0861. The van der Waals surface area contributed by atoms with Crippen LogP contribution in [0.25, 0.3) is 16.9 Å². The Morgan fingerprint density at radius 2 is 1.81 bits per heavy atom. The van der Waals surface area contributed by atoms with Gasteiger partial charge in [0.25, 0.3) is 10.0 Å². The number of hydrogen-bond acceptors (Lipinski definition) is 5. The summed E-state index contributed by atoms with van der Waals surface area (Å²) in [7, 11) is -3.87. The summed E-state index contributed by atoms with van der Waals surface area (Å²) >= 11 is 6.28. The second-order valence-corrected chi connectivity index (χ2v) is 10.2. The Bertz CT molecular complexity index is 1380. The third-order valence-electron chi connectivity index (χ3n) is 4.78. The molecule has 160 valence electrons. The van der Waals surface area contributed by atoms with Crippen LogP contribution in [0.15, 0.2) is 66.0 Å². The number of pyridine rings is 1. The van der Waals surface area contributed by atoms with Crippen molar-refractivity contribution in [2.75, 3.05) is 4.72 Å². The molecule has 0 amide bonds. The van der Waals surface area contributed by atoms with Gasteiger partial charge in [0.15, 0.2) is 11.9 Å². The van der Waals surface area contributed by atoms with E-state index in [1.165, 1.54) is 29.2 Å². The maximum atomic E-state index is 13.0. The van der Waals surface area contributed by atoms with E-state index in [2.05, 4.69) is 35.6 Å². The molecule has 8 nitrogen and oxygen atoms in total. The molecule has 1 aromatic carbocycles. The largest absolute Gasteiger partial charge is 0.619 e. The first-order valence-corrected chi connectivity index (χ1v) is 11.3. The van der Waals surface area contributed by atoms with Crippen LogP contribution >= 0.6 is 11.6 Å². The van der Waals surface area contributed by atoms with Gasteiger partial charge < -0.3 is 5.21 Å². The number of halogens is 1. The highest BCUT2D eigenvalue weighted by molar-refractivity contribution is 7.92. The van der Waals surface area contributed by atoms with E-state index in [1.54, 1.807) is 36.4 Å². The Labute approximate surface area is 184 Å². The molecule has 0 aliphatic heterocycles. The van der Waals surface area contributed by atoms with E-state index < -0.39 is 10.0 Å². The van der Waals surface area contributed by atoms with Gasteiger partial charge in [0.05, 0.1) is 21.6 Å². The summed E-state index contributed by atoms with van der Waals surface area (Å²) in [6.45, 7) is 6.18. The molecule has 10 heteroatoms. The van der Waals surface area contributed by atoms with Crippen molar-refractivity contribution in [1.29, 1.82) is 0 Å². The van der Waals surface area contributed by atoms with Gasteiger partial charge in [-0.1, -0.05) is 44.5 Å². The van der Waals surface area contributed by atoms with Crippen LogP contribution in [0, 0.1) is 5.21 Å². The van der Waals surface area contributed by atoms with Crippen molar-refractivity contribution in [3.63, 3.8) is 0 Å².